The van der Waals surface area contributed by atoms with Crippen molar-refractivity contribution in [3.63, 3.8) is 0 Å². The molecule has 0 aromatic heterocycles. The molecule has 4 aromatic carbocycles. The van der Waals surface area contributed by atoms with Crippen LogP contribution in [0.2, 0.25) is 0 Å². The minimum Gasteiger partial charge on any atom is -0.454 e. The number of hydrogen-bond acceptors (Lipinski definition) is 6. The summed E-state index contributed by atoms with van der Waals surface area (Å²) in [6.45, 7) is 0.0409. The van der Waals surface area contributed by atoms with Gasteiger partial charge in [-0.3, -0.25) is 14.4 Å². The number of rotatable bonds is 4. The van der Waals surface area contributed by atoms with Crippen molar-refractivity contribution in [3.8, 4) is 11.5 Å². The molecule has 0 bridgehead atoms. The number of amides is 1. The van der Waals surface area contributed by atoms with E-state index in [1.165, 1.54) is 24.3 Å². The molecule has 4 aliphatic rings. The molecular formula is C34H23FN2O5. The van der Waals surface area contributed by atoms with E-state index in [4.69, 9.17) is 9.47 Å². The van der Waals surface area contributed by atoms with Crippen molar-refractivity contribution in [1.29, 1.82) is 0 Å². The number of ether oxygens (including phenoxy) is 2. The molecule has 4 heterocycles. The molecule has 1 spiro atoms. The highest BCUT2D eigenvalue weighted by molar-refractivity contribution is 6.16. The van der Waals surface area contributed by atoms with Crippen molar-refractivity contribution in [3.05, 3.63) is 131 Å². The third-order valence-electron chi connectivity index (χ3n) is 8.91. The second-order valence-electron chi connectivity index (χ2n) is 10.9. The number of carbonyl (C=O) groups is 3. The number of halogens is 1. The molecule has 0 aliphatic carbocycles. The van der Waals surface area contributed by atoms with Crippen LogP contribution in [0.1, 0.15) is 43.4 Å². The van der Waals surface area contributed by atoms with Gasteiger partial charge in [-0.2, -0.15) is 0 Å². The van der Waals surface area contributed by atoms with Crippen LogP contribution in [0, 0.1) is 11.7 Å². The number of ketones is 2. The minimum atomic E-state index is -1.45. The van der Waals surface area contributed by atoms with Crippen LogP contribution < -0.4 is 14.8 Å². The van der Waals surface area contributed by atoms with E-state index in [9.17, 15) is 18.8 Å². The maximum Gasteiger partial charge on any atom is 0.238 e. The summed E-state index contributed by atoms with van der Waals surface area (Å²) in [5.74, 6) is -1.77. The van der Waals surface area contributed by atoms with Crippen molar-refractivity contribution >= 4 is 29.2 Å². The Morgan fingerprint density at radius 2 is 1.60 bits per heavy atom. The van der Waals surface area contributed by atoms with Gasteiger partial charge in [-0.05, 0) is 71.3 Å². The normalized spacial score (nSPS) is 24.3. The van der Waals surface area contributed by atoms with Crippen molar-refractivity contribution < 1.29 is 28.2 Å². The van der Waals surface area contributed by atoms with Crippen molar-refractivity contribution in [2.75, 3.05) is 12.1 Å². The number of carbonyl (C=O) groups excluding carboxylic acids is 3. The van der Waals surface area contributed by atoms with E-state index >= 15 is 0 Å². The highest BCUT2D eigenvalue weighted by atomic mass is 19.1. The Morgan fingerprint density at radius 3 is 2.45 bits per heavy atom. The lowest BCUT2D eigenvalue weighted by molar-refractivity contribution is -0.122. The minimum absolute atomic E-state index is 0.0409. The molecule has 0 saturated carbocycles. The van der Waals surface area contributed by atoms with Crippen molar-refractivity contribution in [2.24, 2.45) is 5.92 Å². The highest BCUT2D eigenvalue weighted by Crippen LogP contribution is 2.62. The van der Waals surface area contributed by atoms with E-state index in [-0.39, 0.29) is 29.8 Å². The van der Waals surface area contributed by atoms with Crippen LogP contribution in [0.25, 0.3) is 6.08 Å². The molecule has 1 amide bonds. The van der Waals surface area contributed by atoms with Crippen LogP contribution in [0.5, 0.6) is 11.5 Å². The van der Waals surface area contributed by atoms with Gasteiger partial charge in [0.25, 0.3) is 0 Å². The summed E-state index contributed by atoms with van der Waals surface area (Å²) in [4.78, 5) is 45.7. The summed E-state index contributed by atoms with van der Waals surface area (Å²) in [6, 6.07) is 23.5. The molecule has 206 valence electrons. The van der Waals surface area contributed by atoms with E-state index in [1.807, 2.05) is 65.7 Å². The number of anilines is 1. The predicted molar refractivity (Wildman–Crippen MR) is 152 cm³/mol. The molecule has 1 saturated heterocycles. The lowest BCUT2D eigenvalue weighted by atomic mass is 9.62. The van der Waals surface area contributed by atoms with Crippen molar-refractivity contribution in [2.45, 2.75) is 17.5 Å². The average molecular weight is 559 g/mol. The highest BCUT2D eigenvalue weighted by Gasteiger charge is 2.70. The fourth-order valence-electron chi connectivity index (χ4n) is 7.18. The largest absolute Gasteiger partial charge is 0.454 e. The third-order valence-corrected chi connectivity index (χ3v) is 8.91. The Morgan fingerprint density at radius 1 is 0.857 bits per heavy atom. The Bertz CT molecular complexity index is 1850. The topological polar surface area (TPSA) is 84.9 Å². The second-order valence-corrected chi connectivity index (χ2v) is 10.9. The van der Waals surface area contributed by atoms with Gasteiger partial charge in [0, 0.05) is 23.0 Å². The summed E-state index contributed by atoms with van der Waals surface area (Å²) in [5, 5.41) is 3.03. The molecule has 4 aliphatic heterocycles. The van der Waals surface area contributed by atoms with Crippen LogP contribution in [-0.2, 0) is 10.2 Å². The number of hydrogen-bond donors (Lipinski definition) is 1. The molecule has 0 unspecified atom stereocenters. The van der Waals surface area contributed by atoms with Crippen LogP contribution in [0.4, 0.5) is 10.1 Å². The predicted octanol–water partition coefficient (Wildman–Crippen LogP) is 5.54. The molecule has 8 rings (SSSR count). The standard InChI is InChI=1S/C34H23FN2O5/c35-22-12-9-20(10-13-22)31(39)29-28(30(38)21-11-14-26-27(17-21)42-18-41-26)34(24-7-3-4-8-25(24)36-33(34)40)32-23-6-2-1-5-19(23)15-16-37(29)32/h1-17,28-29,32H,18H2,(H,36,40)/t28-,29+,32-,34+/m0/s1. The molecular weight excluding hydrogens is 535 g/mol. The van der Waals surface area contributed by atoms with Gasteiger partial charge < -0.3 is 19.7 Å². The number of nitrogens with one attached hydrogen (secondary N) is 1. The average Bonchev–Trinajstić information content (AvgIpc) is 3.70. The first-order valence-electron chi connectivity index (χ1n) is 13.7. The lowest BCUT2D eigenvalue weighted by Gasteiger charge is -2.38. The monoisotopic (exact) mass is 558 g/mol. The molecule has 4 atom stereocenters. The van der Waals surface area contributed by atoms with Gasteiger partial charge in [0.1, 0.15) is 17.3 Å². The first kappa shape index (κ1) is 24.5. The molecule has 1 fully saturated rings. The Balaban J connectivity index is 1.41. The first-order valence-corrected chi connectivity index (χ1v) is 13.7. The van der Waals surface area contributed by atoms with Gasteiger partial charge in [0.15, 0.2) is 23.1 Å². The molecule has 4 aromatic rings. The Labute approximate surface area is 240 Å². The summed E-state index contributed by atoms with van der Waals surface area (Å²) >= 11 is 0. The van der Waals surface area contributed by atoms with Crippen LogP contribution >= 0.6 is 0 Å². The van der Waals surface area contributed by atoms with E-state index in [0.717, 1.165) is 11.1 Å². The van der Waals surface area contributed by atoms with Crippen LogP contribution in [0.15, 0.2) is 97.2 Å². The van der Waals surface area contributed by atoms with Gasteiger partial charge in [-0.1, -0.05) is 42.5 Å². The van der Waals surface area contributed by atoms with E-state index in [2.05, 4.69) is 5.32 Å². The fraction of sp³-hybridized carbons (Fsp3) is 0.147. The maximum absolute atomic E-state index is 14.9. The summed E-state index contributed by atoms with van der Waals surface area (Å²) in [6.07, 6.45) is 3.71. The fourth-order valence-corrected chi connectivity index (χ4v) is 7.18. The van der Waals surface area contributed by atoms with Gasteiger partial charge >= 0.3 is 0 Å². The molecule has 8 heteroatoms. The van der Waals surface area contributed by atoms with Crippen molar-refractivity contribution in [1.82, 2.24) is 4.90 Å². The number of para-hydroxylation sites is 1. The number of benzene rings is 4. The Kier molecular flexibility index (Phi) is 5.19. The van der Waals surface area contributed by atoms with E-state index < -0.39 is 29.2 Å². The van der Waals surface area contributed by atoms with E-state index in [0.29, 0.717) is 28.3 Å². The number of nitrogens with zero attached hydrogens (tertiary/aromatic N) is 1. The number of Topliss-reactive ketones (excluding diaryl/α,β-unsaturated/α-hetero) is 2. The molecule has 42 heavy (non-hydrogen) atoms. The third kappa shape index (κ3) is 3.23. The zero-order valence-electron chi connectivity index (χ0n) is 22.1. The molecule has 7 nitrogen and oxygen atoms in total. The molecule has 1 N–H and O–H groups in total. The summed E-state index contributed by atoms with van der Waals surface area (Å²) in [5.41, 5.74) is 2.10. The summed E-state index contributed by atoms with van der Waals surface area (Å²) < 4.78 is 24.9. The van der Waals surface area contributed by atoms with Gasteiger partial charge in [0.05, 0.1) is 12.0 Å². The first-order chi connectivity index (χ1) is 20.5. The molecule has 0 radical (unpaired) electrons. The van der Waals surface area contributed by atoms with Crippen LogP contribution in [-0.4, -0.2) is 35.2 Å². The zero-order chi connectivity index (χ0) is 28.6. The quantitative estimate of drug-likeness (QED) is 0.332. The van der Waals surface area contributed by atoms with Gasteiger partial charge in [-0.25, -0.2) is 4.39 Å². The lowest BCUT2D eigenvalue weighted by Crippen LogP contribution is -2.49. The zero-order valence-corrected chi connectivity index (χ0v) is 22.1. The number of fused-ring (bicyclic) bond motifs is 7. The Hall–Kier alpha value is -5.24. The van der Waals surface area contributed by atoms with Gasteiger partial charge in [-0.15, -0.1) is 0 Å². The smallest absolute Gasteiger partial charge is 0.238 e. The van der Waals surface area contributed by atoms with Crippen LogP contribution in [0.3, 0.4) is 0 Å². The van der Waals surface area contributed by atoms with Gasteiger partial charge in [0.2, 0.25) is 12.7 Å². The van der Waals surface area contributed by atoms with E-state index in [1.54, 1.807) is 18.2 Å². The second kappa shape index (κ2) is 8.88. The summed E-state index contributed by atoms with van der Waals surface area (Å²) in [7, 11) is 0. The SMILES string of the molecule is O=C(c1ccc2c(c1)OCO2)[C@@H]1[C@H](C(=O)c2ccc(F)cc2)N2C=Cc3ccccc3[C@H]2[C@]12C(=O)Nc1ccccc12. The maximum atomic E-state index is 14.9.